The molecule has 3 aromatic rings. The number of aromatic nitrogens is 3. The van der Waals surface area contributed by atoms with Gasteiger partial charge in [-0.2, -0.15) is 13.2 Å². The van der Waals surface area contributed by atoms with Gasteiger partial charge in [0, 0.05) is 48.7 Å². The van der Waals surface area contributed by atoms with Crippen molar-refractivity contribution in [2.24, 2.45) is 0 Å². The summed E-state index contributed by atoms with van der Waals surface area (Å²) >= 11 is 0. The second kappa shape index (κ2) is 10.2. The van der Waals surface area contributed by atoms with Gasteiger partial charge < -0.3 is 10.0 Å². The number of halogens is 4. The van der Waals surface area contributed by atoms with E-state index >= 15 is 0 Å². The minimum Gasteiger partial charge on any atom is -0.475 e. The molecule has 0 saturated heterocycles. The highest BCUT2D eigenvalue weighted by molar-refractivity contribution is 5.94. The van der Waals surface area contributed by atoms with E-state index in [4.69, 9.17) is 9.90 Å². The zero-order valence-electron chi connectivity index (χ0n) is 17.1. The monoisotopic (exact) mass is 462 g/mol. The first-order valence-corrected chi connectivity index (χ1v) is 9.75. The number of aliphatic carboxylic acids is 1. The molecule has 1 amide bonds. The largest absolute Gasteiger partial charge is 0.490 e. The maximum atomic E-state index is 13.2. The topological polar surface area (TPSA) is 96.3 Å². The minimum atomic E-state index is -5.08. The molecule has 1 N–H and O–H groups in total. The molecule has 172 valence electrons. The molecule has 1 aliphatic heterocycles. The molecule has 0 spiro atoms. The molecule has 3 heterocycles. The lowest BCUT2D eigenvalue weighted by atomic mass is 10.0. The van der Waals surface area contributed by atoms with Crippen molar-refractivity contribution in [3.63, 3.8) is 0 Å². The summed E-state index contributed by atoms with van der Waals surface area (Å²) in [7, 11) is 0. The summed E-state index contributed by atoms with van der Waals surface area (Å²) in [5, 5.41) is 7.12. The van der Waals surface area contributed by atoms with Crippen LogP contribution >= 0.6 is 0 Å². The molecular weight excluding hydrogens is 444 g/mol. The molecule has 11 heteroatoms. The van der Waals surface area contributed by atoms with Crippen LogP contribution in [0.2, 0.25) is 0 Å². The number of benzene rings is 1. The Morgan fingerprint density at radius 1 is 1.00 bits per heavy atom. The standard InChI is InChI=1S/C20H17FN4O.C2HF3O2/c21-16-5-3-14(4-6-16)19-17-7-10-25(11-8-18(17)23-13-24-19)20(26)15-2-1-9-22-12-15;3-2(4,5)1(6)7/h1-6,9,12-13H,7-8,10-11H2;(H,6,7). The lowest BCUT2D eigenvalue weighted by Crippen LogP contribution is -2.33. The third-order valence-corrected chi connectivity index (χ3v) is 4.84. The highest BCUT2D eigenvalue weighted by Crippen LogP contribution is 2.26. The molecule has 0 aliphatic carbocycles. The number of carbonyl (C=O) groups is 2. The van der Waals surface area contributed by atoms with E-state index in [0.717, 1.165) is 22.5 Å². The fourth-order valence-corrected chi connectivity index (χ4v) is 3.26. The van der Waals surface area contributed by atoms with Crippen molar-refractivity contribution in [1.29, 1.82) is 0 Å². The summed E-state index contributed by atoms with van der Waals surface area (Å²) in [4.78, 5) is 36.3. The van der Waals surface area contributed by atoms with Crippen molar-refractivity contribution in [3.8, 4) is 11.3 Å². The quantitative estimate of drug-likeness (QED) is 0.586. The SMILES string of the molecule is O=C(O)C(F)(F)F.O=C(c1cccnc1)N1CCc2ncnc(-c3ccc(F)cc3)c2CC1. The average molecular weight is 462 g/mol. The summed E-state index contributed by atoms with van der Waals surface area (Å²) in [5.74, 6) is -3.06. The smallest absolute Gasteiger partial charge is 0.475 e. The van der Waals surface area contributed by atoms with Crippen molar-refractivity contribution < 1.29 is 32.3 Å². The second-order valence-electron chi connectivity index (χ2n) is 6.99. The molecule has 0 bridgehead atoms. The van der Waals surface area contributed by atoms with Gasteiger partial charge in [0.1, 0.15) is 12.1 Å². The van der Waals surface area contributed by atoms with E-state index < -0.39 is 12.1 Å². The Bertz CT molecular complexity index is 1120. The summed E-state index contributed by atoms with van der Waals surface area (Å²) in [6, 6.07) is 9.84. The predicted molar refractivity (Wildman–Crippen MR) is 109 cm³/mol. The Balaban J connectivity index is 0.000000383. The summed E-state index contributed by atoms with van der Waals surface area (Å²) < 4.78 is 45.0. The third-order valence-electron chi connectivity index (χ3n) is 4.84. The maximum Gasteiger partial charge on any atom is 0.490 e. The van der Waals surface area contributed by atoms with Crippen LogP contribution in [0.25, 0.3) is 11.3 Å². The summed E-state index contributed by atoms with van der Waals surface area (Å²) in [6.07, 6.45) is 1.02. The second-order valence-corrected chi connectivity index (χ2v) is 6.99. The van der Waals surface area contributed by atoms with E-state index in [1.807, 2.05) is 4.90 Å². The van der Waals surface area contributed by atoms with Crippen LogP contribution in [-0.2, 0) is 17.6 Å². The summed E-state index contributed by atoms with van der Waals surface area (Å²) in [6.45, 7) is 1.18. The molecule has 1 aromatic carbocycles. The number of pyridine rings is 1. The molecule has 0 fully saturated rings. The number of fused-ring (bicyclic) bond motifs is 1. The molecule has 0 saturated carbocycles. The van der Waals surface area contributed by atoms with E-state index in [1.165, 1.54) is 18.5 Å². The first-order valence-electron chi connectivity index (χ1n) is 9.75. The van der Waals surface area contributed by atoms with E-state index in [2.05, 4.69) is 15.0 Å². The van der Waals surface area contributed by atoms with E-state index in [9.17, 15) is 22.4 Å². The van der Waals surface area contributed by atoms with Crippen LogP contribution in [0.5, 0.6) is 0 Å². The van der Waals surface area contributed by atoms with Crippen molar-refractivity contribution in [2.75, 3.05) is 13.1 Å². The molecule has 7 nitrogen and oxygen atoms in total. The first-order chi connectivity index (χ1) is 15.7. The van der Waals surface area contributed by atoms with Crippen LogP contribution in [-0.4, -0.2) is 56.1 Å². The number of hydrogen-bond donors (Lipinski definition) is 1. The van der Waals surface area contributed by atoms with Crippen LogP contribution in [0.15, 0.2) is 55.1 Å². The fourth-order valence-electron chi connectivity index (χ4n) is 3.26. The van der Waals surface area contributed by atoms with Gasteiger partial charge in [0.2, 0.25) is 0 Å². The molecule has 0 unspecified atom stereocenters. The molecule has 2 aromatic heterocycles. The number of carboxylic acid groups (broad SMARTS) is 1. The fraction of sp³-hybridized carbons (Fsp3) is 0.227. The first kappa shape index (κ1) is 23.8. The van der Waals surface area contributed by atoms with Crippen molar-refractivity contribution in [2.45, 2.75) is 19.0 Å². The van der Waals surface area contributed by atoms with Gasteiger partial charge in [-0.1, -0.05) is 0 Å². The van der Waals surface area contributed by atoms with Crippen LogP contribution in [0, 0.1) is 5.82 Å². The lowest BCUT2D eigenvalue weighted by molar-refractivity contribution is -0.192. The van der Waals surface area contributed by atoms with Crippen LogP contribution in [0.1, 0.15) is 21.6 Å². The summed E-state index contributed by atoms with van der Waals surface area (Å²) in [5.41, 5.74) is 4.23. The Morgan fingerprint density at radius 3 is 2.27 bits per heavy atom. The zero-order chi connectivity index (χ0) is 24.0. The number of amides is 1. The molecule has 33 heavy (non-hydrogen) atoms. The lowest BCUT2D eigenvalue weighted by Gasteiger charge is -2.20. The molecule has 1 aliphatic rings. The van der Waals surface area contributed by atoms with E-state index in [-0.39, 0.29) is 11.7 Å². The predicted octanol–water partition coefficient (Wildman–Crippen LogP) is 3.55. The number of hydrogen-bond acceptors (Lipinski definition) is 5. The van der Waals surface area contributed by atoms with Gasteiger partial charge in [-0.25, -0.2) is 19.2 Å². The Kier molecular flexibility index (Phi) is 7.31. The number of carboxylic acids is 1. The van der Waals surface area contributed by atoms with Gasteiger partial charge >= 0.3 is 12.1 Å². The molecule has 4 rings (SSSR count). The van der Waals surface area contributed by atoms with E-state index in [0.29, 0.717) is 31.5 Å². The number of alkyl halides is 3. The van der Waals surface area contributed by atoms with Gasteiger partial charge in [0.05, 0.1) is 11.3 Å². The Morgan fingerprint density at radius 2 is 1.67 bits per heavy atom. The van der Waals surface area contributed by atoms with Crippen molar-refractivity contribution in [1.82, 2.24) is 19.9 Å². The van der Waals surface area contributed by atoms with Gasteiger partial charge in [-0.15, -0.1) is 0 Å². The third kappa shape index (κ3) is 6.09. The number of rotatable bonds is 2. The van der Waals surface area contributed by atoms with Crippen LogP contribution < -0.4 is 0 Å². The number of carbonyl (C=O) groups excluding carboxylic acids is 1. The van der Waals surface area contributed by atoms with Crippen LogP contribution in [0.4, 0.5) is 17.6 Å². The van der Waals surface area contributed by atoms with Gasteiger partial charge in [-0.05, 0) is 42.8 Å². The van der Waals surface area contributed by atoms with Gasteiger partial charge in [0.25, 0.3) is 5.91 Å². The number of nitrogens with zero attached hydrogens (tertiary/aromatic N) is 4. The molecular formula is C22H18F4N4O3. The Hall–Kier alpha value is -3.89. The molecule has 0 radical (unpaired) electrons. The van der Waals surface area contributed by atoms with Crippen LogP contribution in [0.3, 0.4) is 0 Å². The highest BCUT2D eigenvalue weighted by Gasteiger charge is 2.38. The maximum absolute atomic E-state index is 13.2. The average Bonchev–Trinajstić information content (AvgIpc) is 3.02. The van der Waals surface area contributed by atoms with Gasteiger partial charge in [0.15, 0.2) is 0 Å². The van der Waals surface area contributed by atoms with E-state index in [1.54, 1.807) is 36.7 Å². The molecule has 0 atom stereocenters. The minimum absolute atomic E-state index is 0.0257. The van der Waals surface area contributed by atoms with Crippen molar-refractivity contribution >= 4 is 11.9 Å². The zero-order valence-corrected chi connectivity index (χ0v) is 17.1. The Labute approximate surface area is 185 Å². The normalized spacial score (nSPS) is 13.3. The van der Waals surface area contributed by atoms with Crippen molar-refractivity contribution in [3.05, 3.63) is 77.8 Å². The highest BCUT2D eigenvalue weighted by atomic mass is 19.4. The van der Waals surface area contributed by atoms with Gasteiger partial charge in [-0.3, -0.25) is 9.78 Å².